The number of nitrogens with zero attached hydrogens (tertiary/aromatic N) is 1. The smallest absolute Gasteiger partial charge is 0.253 e. The molecule has 0 radical (unpaired) electrons. The first-order valence-electron chi connectivity index (χ1n) is 5.26. The largest absolute Gasteiger partial charge is 0.391 e. The normalized spacial score (nSPS) is 13.9. The Balaban J connectivity index is 2.74. The van der Waals surface area contributed by atoms with Crippen molar-refractivity contribution in [2.45, 2.75) is 19.1 Å². The van der Waals surface area contributed by atoms with Gasteiger partial charge in [0.2, 0.25) is 5.91 Å². The first-order valence-corrected chi connectivity index (χ1v) is 5.26. The maximum Gasteiger partial charge on any atom is 0.253 e. The minimum absolute atomic E-state index is 0.344. The van der Waals surface area contributed by atoms with Gasteiger partial charge in [0.15, 0.2) is 0 Å². The summed E-state index contributed by atoms with van der Waals surface area (Å²) < 4.78 is 0. The molecular weight excluding hydrogens is 222 g/mol. The number of H-pyrrole nitrogens is 1. The number of amides is 2. The number of aromatic nitrogens is 1. The van der Waals surface area contributed by atoms with Crippen LogP contribution in [0.25, 0.3) is 0 Å². The Bertz CT molecular complexity index is 385. The molecule has 1 aromatic heterocycles. The number of carbonyl (C=O) groups is 2. The van der Waals surface area contributed by atoms with Gasteiger partial charge in [0.25, 0.3) is 5.91 Å². The molecule has 0 bridgehead atoms. The van der Waals surface area contributed by atoms with E-state index in [9.17, 15) is 14.7 Å². The van der Waals surface area contributed by atoms with E-state index in [2.05, 4.69) is 10.3 Å². The van der Waals surface area contributed by atoms with E-state index in [0.717, 1.165) is 0 Å². The summed E-state index contributed by atoms with van der Waals surface area (Å²) in [5, 5.41) is 12.0. The van der Waals surface area contributed by atoms with Crippen LogP contribution in [0.3, 0.4) is 0 Å². The van der Waals surface area contributed by atoms with E-state index in [0.29, 0.717) is 5.56 Å². The van der Waals surface area contributed by atoms with Crippen LogP contribution in [0.2, 0.25) is 0 Å². The highest BCUT2D eigenvalue weighted by Gasteiger charge is 2.27. The molecule has 1 aromatic rings. The van der Waals surface area contributed by atoms with E-state index in [4.69, 9.17) is 0 Å². The molecular formula is C11H17N3O3. The van der Waals surface area contributed by atoms with Gasteiger partial charge in [-0.15, -0.1) is 0 Å². The minimum atomic E-state index is -0.951. The number of aromatic amines is 1. The molecule has 1 heterocycles. The molecule has 1 rings (SSSR count). The second-order valence-electron chi connectivity index (χ2n) is 4.02. The monoisotopic (exact) mass is 239 g/mol. The van der Waals surface area contributed by atoms with Crippen molar-refractivity contribution in [2.75, 3.05) is 14.1 Å². The van der Waals surface area contributed by atoms with E-state index in [-0.39, 0.29) is 5.91 Å². The van der Waals surface area contributed by atoms with Gasteiger partial charge in [0.1, 0.15) is 6.04 Å². The third kappa shape index (κ3) is 3.32. The second kappa shape index (κ2) is 5.49. The number of hydrogen-bond donors (Lipinski definition) is 3. The number of rotatable bonds is 4. The molecule has 0 aliphatic rings. The third-order valence-electron chi connectivity index (χ3n) is 2.34. The van der Waals surface area contributed by atoms with Crippen molar-refractivity contribution in [1.82, 2.24) is 15.2 Å². The van der Waals surface area contributed by atoms with Crippen LogP contribution < -0.4 is 5.32 Å². The molecule has 0 aliphatic heterocycles. The van der Waals surface area contributed by atoms with Gasteiger partial charge in [0, 0.05) is 26.5 Å². The molecule has 0 spiro atoms. The summed E-state index contributed by atoms with van der Waals surface area (Å²) in [4.78, 5) is 27.5. The summed E-state index contributed by atoms with van der Waals surface area (Å²) in [6.45, 7) is 1.46. The average molecular weight is 239 g/mol. The molecule has 3 N–H and O–H groups in total. The van der Waals surface area contributed by atoms with Crippen LogP contribution in [-0.2, 0) is 4.79 Å². The van der Waals surface area contributed by atoms with Crippen LogP contribution in [0.15, 0.2) is 18.5 Å². The molecule has 0 unspecified atom stereocenters. The highest BCUT2D eigenvalue weighted by molar-refractivity contribution is 5.97. The predicted octanol–water partition coefficient (Wildman–Crippen LogP) is -0.418. The van der Waals surface area contributed by atoms with Crippen LogP contribution in [0.4, 0.5) is 0 Å². The summed E-state index contributed by atoms with van der Waals surface area (Å²) in [5.41, 5.74) is 0.419. The Labute approximate surface area is 99.6 Å². The van der Waals surface area contributed by atoms with Gasteiger partial charge in [0.05, 0.1) is 11.7 Å². The van der Waals surface area contributed by atoms with Gasteiger partial charge in [-0.1, -0.05) is 0 Å². The molecule has 94 valence electrons. The lowest BCUT2D eigenvalue weighted by atomic mass is 10.1. The fourth-order valence-corrected chi connectivity index (χ4v) is 1.36. The van der Waals surface area contributed by atoms with Gasteiger partial charge in [-0.2, -0.15) is 0 Å². The number of aliphatic hydroxyl groups is 1. The van der Waals surface area contributed by atoms with E-state index in [1.165, 1.54) is 18.0 Å². The quantitative estimate of drug-likeness (QED) is 0.667. The fraction of sp³-hybridized carbons (Fsp3) is 0.455. The topological polar surface area (TPSA) is 85.4 Å². The van der Waals surface area contributed by atoms with Gasteiger partial charge in [-0.25, -0.2) is 0 Å². The molecule has 0 saturated carbocycles. The maximum atomic E-state index is 11.7. The van der Waals surface area contributed by atoms with E-state index in [1.54, 1.807) is 26.4 Å². The van der Waals surface area contributed by atoms with Gasteiger partial charge >= 0.3 is 0 Å². The van der Waals surface area contributed by atoms with Crippen LogP contribution in [-0.4, -0.2) is 53.0 Å². The van der Waals surface area contributed by atoms with Crippen LogP contribution >= 0.6 is 0 Å². The maximum absolute atomic E-state index is 11.7. The lowest BCUT2D eigenvalue weighted by molar-refractivity contribution is -0.133. The third-order valence-corrected chi connectivity index (χ3v) is 2.34. The molecule has 6 heteroatoms. The Kier molecular flexibility index (Phi) is 4.28. The number of aliphatic hydroxyl groups excluding tert-OH is 1. The molecule has 0 aromatic carbocycles. The van der Waals surface area contributed by atoms with Crippen molar-refractivity contribution in [3.05, 3.63) is 24.0 Å². The average Bonchev–Trinajstić information content (AvgIpc) is 2.77. The van der Waals surface area contributed by atoms with E-state index < -0.39 is 18.1 Å². The number of carbonyl (C=O) groups excluding carboxylic acids is 2. The van der Waals surface area contributed by atoms with Gasteiger partial charge in [-0.05, 0) is 13.0 Å². The number of nitrogens with one attached hydrogen (secondary N) is 2. The minimum Gasteiger partial charge on any atom is -0.391 e. The van der Waals surface area contributed by atoms with E-state index in [1.807, 2.05) is 0 Å². The van der Waals surface area contributed by atoms with Crippen LogP contribution in [0.5, 0.6) is 0 Å². The summed E-state index contributed by atoms with van der Waals surface area (Å²) in [6, 6.07) is 0.654. The molecule has 0 saturated heterocycles. The molecule has 2 amide bonds. The van der Waals surface area contributed by atoms with Crippen molar-refractivity contribution in [2.24, 2.45) is 0 Å². The first kappa shape index (κ1) is 13.2. The highest BCUT2D eigenvalue weighted by Crippen LogP contribution is 2.01. The lowest BCUT2D eigenvalue weighted by Crippen LogP contribution is -2.51. The van der Waals surface area contributed by atoms with Gasteiger partial charge in [-0.3, -0.25) is 9.59 Å². The van der Waals surface area contributed by atoms with Crippen molar-refractivity contribution in [1.29, 1.82) is 0 Å². The Morgan fingerprint density at radius 3 is 2.53 bits per heavy atom. The second-order valence-corrected chi connectivity index (χ2v) is 4.02. The van der Waals surface area contributed by atoms with Crippen molar-refractivity contribution in [3.63, 3.8) is 0 Å². The van der Waals surface area contributed by atoms with Crippen molar-refractivity contribution in [3.8, 4) is 0 Å². The molecule has 0 fully saturated rings. The molecule has 2 atom stereocenters. The van der Waals surface area contributed by atoms with Crippen molar-refractivity contribution >= 4 is 11.8 Å². The standard InChI is InChI=1S/C11H17N3O3/c1-7(15)9(11(17)14(2)3)13-10(16)8-4-5-12-6-8/h4-7,9,12,15H,1-3H3,(H,13,16)/t7-,9-/m1/s1. The number of hydrogen-bond acceptors (Lipinski definition) is 3. The number of likely N-dealkylation sites (N-methyl/N-ethyl adjacent to an activating group) is 1. The van der Waals surface area contributed by atoms with Crippen molar-refractivity contribution < 1.29 is 14.7 Å². The van der Waals surface area contributed by atoms with E-state index >= 15 is 0 Å². The first-order chi connectivity index (χ1) is 7.93. The SMILES string of the molecule is C[C@@H](O)[C@@H](NC(=O)c1cc[nH]c1)C(=O)N(C)C. The predicted molar refractivity (Wildman–Crippen MR) is 62.4 cm³/mol. The summed E-state index contributed by atoms with van der Waals surface area (Å²) >= 11 is 0. The summed E-state index contributed by atoms with van der Waals surface area (Å²) in [5.74, 6) is -0.740. The summed E-state index contributed by atoms with van der Waals surface area (Å²) in [7, 11) is 3.14. The van der Waals surface area contributed by atoms with Crippen LogP contribution in [0, 0.1) is 0 Å². The zero-order valence-corrected chi connectivity index (χ0v) is 10.1. The zero-order valence-electron chi connectivity index (χ0n) is 10.1. The fourth-order valence-electron chi connectivity index (χ4n) is 1.36. The Morgan fingerprint density at radius 2 is 2.12 bits per heavy atom. The Hall–Kier alpha value is -1.82. The lowest BCUT2D eigenvalue weighted by Gasteiger charge is -2.23. The molecule has 0 aliphatic carbocycles. The highest BCUT2D eigenvalue weighted by atomic mass is 16.3. The Morgan fingerprint density at radius 1 is 1.47 bits per heavy atom. The molecule has 17 heavy (non-hydrogen) atoms. The molecule has 6 nitrogen and oxygen atoms in total. The zero-order chi connectivity index (χ0) is 13.0. The van der Waals surface area contributed by atoms with Gasteiger partial charge < -0.3 is 20.3 Å². The summed E-state index contributed by atoms with van der Waals surface area (Å²) in [6.07, 6.45) is 2.18. The van der Waals surface area contributed by atoms with Crippen LogP contribution in [0.1, 0.15) is 17.3 Å².